The van der Waals surface area contributed by atoms with Crippen molar-refractivity contribution in [1.29, 1.82) is 0 Å². The van der Waals surface area contributed by atoms with Crippen molar-refractivity contribution in [2.45, 2.75) is 12.8 Å². The van der Waals surface area contributed by atoms with Crippen molar-refractivity contribution in [2.24, 2.45) is 4.99 Å². The van der Waals surface area contributed by atoms with Gasteiger partial charge < -0.3 is 5.11 Å². The Kier molecular flexibility index (Phi) is 3.43. The number of benzene rings is 2. The van der Waals surface area contributed by atoms with Gasteiger partial charge in [-0.3, -0.25) is 4.99 Å². The molecule has 2 nitrogen and oxygen atoms in total. The SMILES string of the molecule is OCCc1cccc(-c2ccc3c(c2)CCN=C3)c1. The molecule has 2 heteroatoms. The van der Waals surface area contributed by atoms with Gasteiger partial charge in [0, 0.05) is 19.4 Å². The fraction of sp³-hybridized carbons (Fsp3) is 0.235. The largest absolute Gasteiger partial charge is 0.396 e. The summed E-state index contributed by atoms with van der Waals surface area (Å²) in [6.45, 7) is 1.09. The molecule has 0 amide bonds. The quantitative estimate of drug-likeness (QED) is 0.894. The monoisotopic (exact) mass is 251 g/mol. The van der Waals surface area contributed by atoms with Crippen molar-refractivity contribution in [3.05, 3.63) is 59.2 Å². The maximum absolute atomic E-state index is 9.02. The van der Waals surface area contributed by atoms with E-state index in [4.69, 9.17) is 5.11 Å². The molecular formula is C17H17NO. The smallest absolute Gasteiger partial charge is 0.0471 e. The Bertz CT molecular complexity index is 616. The first kappa shape index (κ1) is 12.1. The highest BCUT2D eigenvalue weighted by Gasteiger charge is 2.07. The number of hydrogen-bond donors (Lipinski definition) is 1. The fourth-order valence-electron chi connectivity index (χ4n) is 2.51. The summed E-state index contributed by atoms with van der Waals surface area (Å²) < 4.78 is 0. The molecule has 0 aliphatic carbocycles. The number of aliphatic imine (C=N–C) groups is 1. The molecule has 2 aromatic carbocycles. The molecule has 1 heterocycles. The van der Waals surface area contributed by atoms with Crippen LogP contribution in [0.2, 0.25) is 0 Å². The summed E-state index contributed by atoms with van der Waals surface area (Å²) in [6.07, 6.45) is 3.70. The summed E-state index contributed by atoms with van der Waals surface area (Å²) in [5.74, 6) is 0. The summed E-state index contributed by atoms with van der Waals surface area (Å²) in [5.41, 5.74) is 6.26. The van der Waals surface area contributed by atoms with Crippen molar-refractivity contribution in [1.82, 2.24) is 0 Å². The number of rotatable bonds is 3. The van der Waals surface area contributed by atoms with Crippen LogP contribution in [-0.4, -0.2) is 24.5 Å². The van der Waals surface area contributed by atoms with Crippen LogP contribution in [-0.2, 0) is 12.8 Å². The van der Waals surface area contributed by atoms with Crippen molar-refractivity contribution < 1.29 is 5.11 Å². The Morgan fingerprint density at radius 2 is 1.95 bits per heavy atom. The molecule has 0 atom stereocenters. The summed E-state index contributed by atoms with van der Waals surface area (Å²) in [6, 6.07) is 15.0. The summed E-state index contributed by atoms with van der Waals surface area (Å²) in [4.78, 5) is 4.31. The summed E-state index contributed by atoms with van der Waals surface area (Å²) in [7, 11) is 0. The van der Waals surface area contributed by atoms with Crippen LogP contribution in [0.15, 0.2) is 47.5 Å². The van der Waals surface area contributed by atoms with Gasteiger partial charge in [0.05, 0.1) is 0 Å². The second kappa shape index (κ2) is 5.37. The lowest BCUT2D eigenvalue weighted by atomic mass is 9.95. The standard InChI is InChI=1S/C17H17NO/c19-9-7-13-2-1-3-14(10-13)15-4-5-17-12-18-8-6-16(17)11-15/h1-5,10-12,19H,6-9H2. The third-order valence-electron chi connectivity index (χ3n) is 3.54. The van der Waals surface area contributed by atoms with Gasteiger partial charge in [-0.25, -0.2) is 0 Å². The average Bonchev–Trinajstić information content (AvgIpc) is 2.47. The molecule has 0 unspecified atom stereocenters. The number of hydrogen-bond acceptors (Lipinski definition) is 2. The first-order chi connectivity index (χ1) is 9.36. The molecule has 0 fully saturated rings. The number of nitrogens with zero attached hydrogens (tertiary/aromatic N) is 1. The number of aliphatic hydroxyl groups is 1. The highest BCUT2D eigenvalue weighted by atomic mass is 16.2. The van der Waals surface area contributed by atoms with Gasteiger partial charge in [0.1, 0.15) is 0 Å². The zero-order valence-electron chi connectivity index (χ0n) is 10.8. The van der Waals surface area contributed by atoms with E-state index in [1.54, 1.807) is 0 Å². The maximum atomic E-state index is 9.02. The molecule has 3 rings (SSSR count). The lowest BCUT2D eigenvalue weighted by molar-refractivity contribution is 0.299. The highest BCUT2D eigenvalue weighted by Crippen LogP contribution is 2.24. The summed E-state index contributed by atoms with van der Waals surface area (Å²) in [5, 5.41) is 9.02. The molecule has 0 bridgehead atoms. The Morgan fingerprint density at radius 1 is 1.05 bits per heavy atom. The third-order valence-corrected chi connectivity index (χ3v) is 3.54. The molecule has 0 saturated heterocycles. The Hall–Kier alpha value is -1.93. The Balaban J connectivity index is 1.97. The minimum atomic E-state index is 0.199. The van der Waals surface area contributed by atoms with E-state index in [0.717, 1.165) is 13.0 Å². The molecule has 1 aliphatic rings. The van der Waals surface area contributed by atoms with Crippen LogP contribution >= 0.6 is 0 Å². The van der Waals surface area contributed by atoms with E-state index in [2.05, 4.69) is 47.5 Å². The van der Waals surface area contributed by atoms with E-state index in [1.165, 1.54) is 27.8 Å². The van der Waals surface area contributed by atoms with Gasteiger partial charge in [-0.2, -0.15) is 0 Å². The van der Waals surface area contributed by atoms with Gasteiger partial charge in [0.25, 0.3) is 0 Å². The average molecular weight is 251 g/mol. The predicted molar refractivity (Wildman–Crippen MR) is 78.8 cm³/mol. The van der Waals surface area contributed by atoms with Crippen molar-refractivity contribution >= 4 is 6.21 Å². The van der Waals surface area contributed by atoms with Gasteiger partial charge in [-0.05, 0) is 40.7 Å². The molecule has 1 aliphatic heterocycles. The van der Waals surface area contributed by atoms with Gasteiger partial charge >= 0.3 is 0 Å². The second-order valence-electron chi connectivity index (χ2n) is 4.87. The van der Waals surface area contributed by atoms with Crippen LogP contribution in [0.3, 0.4) is 0 Å². The van der Waals surface area contributed by atoms with E-state index < -0.39 is 0 Å². The zero-order valence-corrected chi connectivity index (χ0v) is 10.8. The minimum Gasteiger partial charge on any atom is -0.396 e. The van der Waals surface area contributed by atoms with Crippen molar-refractivity contribution in [3.8, 4) is 11.1 Å². The highest BCUT2D eigenvalue weighted by molar-refractivity contribution is 5.84. The van der Waals surface area contributed by atoms with Crippen LogP contribution in [0.5, 0.6) is 0 Å². The molecule has 0 spiro atoms. The Labute approximate surface area is 113 Å². The van der Waals surface area contributed by atoms with Gasteiger partial charge in [0.2, 0.25) is 0 Å². The number of fused-ring (bicyclic) bond motifs is 1. The van der Waals surface area contributed by atoms with Crippen LogP contribution in [0.1, 0.15) is 16.7 Å². The van der Waals surface area contributed by atoms with E-state index in [9.17, 15) is 0 Å². The third kappa shape index (κ3) is 2.59. The lowest BCUT2D eigenvalue weighted by Crippen LogP contribution is -2.02. The molecule has 2 aromatic rings. The van der Waals surface area contributed by atoms with E-state index in [0.29, 0.717) is 6.42 Å². The summed E-state index contributed by atoms with van der Waals surface area (Å²) >= 11 is 0. The Morgan fingerprint density at radius 3 is 2.84 bits per heavy atom. The second-order valence-corrected chi connectivity index (χ2v) is 4.87. The zero-order chi connectivity index (χ0) is 13.1. The molecule has 0 radical (unpaired) electrons. The molecule has 1 N–H and O–H groups in total. The topological polar surface area (TPSA) is 32.6 Å². The van der Waals surface area contributed by atoms with Crippen LogP contribution in [0.25, 0.3) is 11.1 Å². The fourth-order valence-corrected chi connectivity index (χ4v) is 2.51. The maximum Gasteiger partial charge on any atom is 0.0471 e. The first-order valence-electron chi connectivity index (χ1n) is 6.70. The van der Waals surface area contributed by atoms with Gasteiger partial charge in [0.15, 0.2) is 0 Å². The van der Waals surface area contributed by atoms with Gasteiger partial charge in [-0.1, -0.05) is 42.5 Å². The van der Waals surface area contributed by atoms with Crippen LogP contribution in [0, 0.1) is 0 Å². The van der Waals surface area contributed by atoms with Crippen molar-refractivity contribution in [2.75, 3.05) is 13.2 Å². The molecule has 0 saturated carbocycles. The predicted octanol–water partition coefficient (Wildman–Crippen LogP) is 2.86. The van der Waals surface area contributed by atoms with Gasteiger partial charge in [-0.15, -0.1) is 0 Å². The van der Waals surface area contributed by atoms with E-state index in [-0.39, 0.29) is 6.61 Å². The normalized spacial score (nSPS) is 13.3. The molecular weight excluding hydrogens is 234 g/mol. The molecule has 96 valence electrons. The molecule has 0 aromatic heterocycles. The van der Waals surface area contributed by atoms with E-state index >= 15 is 0 Å². The van der Waals surface area contributed by atoms with Crippen LogP contribution in [0.4, 0.5) is 0 Å². The van der Waals surface area contributed by atoms with Crippen molar-refractivity contribution in [3.63, 3.8) is 0 Å². The molecule has 19 heavy (non-hydrogen) atoms. The minimum absolute atomic E-state index is 0.199. The first-order valence-corrected chi connectivity index (χ1v) is 6.70. The van der Waals surface area contributed by atoms with E-state index in [1.807, 2.05) is 6.21 Å². The van der Waals surface area contributed by atoms with Crippen LogP contribution < -0.4 is 0 Å². The lowest BCUT2D eigenvalue weighted by Gasteiger charge is -2.12. The number of aliphatic hydroxyl groups excluding tert-OH is 1.